The molecule has 94 heavy (non-hydrogen) atoms. The summed E-state index contributed by atoms with van der Waals surface area (Å²) in [6.45, 7) is 36.7. The summed E-state index contributed by atoms with van der Waals surface area (Å²) in [6.07, 6.45) is 4.58. The molecule has 24 nitrogen and oxygen atoms in total. The summed E-state index contributed by atoms with van der Waals surface area (Å²) < 4.78 is 0. The summed E-state index contributed by atoms with van der Waals surface area (Å²) in [5.41, 5.74) is 7.35. The molecular formula is C69H105ClN18O6. The van der Waals surface area contributed by atoms with E-state index in [-0.39, 0.29) is 34.2 Å². The summed E-state index contributed by atoms with van der Waals surface area (Å²) in [4.78, 5) is 101. The number of aryl methyl sites for hydroxylation is 5. The molecule has 0 unspecified atom stereocenters. The van der Waals surface area contributed by atoms with Crippen LogP contribution >= 0.6 is 11.6 Å². The van der Waals surface area contributed by atoms with Crippen LogP contribution in [0.2, 0.25) is 5.02 Å². The van der Waals surface area contributed by atoms with Crippen LogP contribution in [0.1, 0.15) is 166 Å². The van der Waals surface area contributed by atoms with Crippen molar-refractivity contribution in [3.63, 3.8) is 0 Å². The Morgan fingerprint density at radius 3 is 1.13 bits per heavy atom. The Morgan fingerprint density at radius 2 is 0.777 bits per heavy atom. The van der Waals surface area contributed by atoms with Gasteiger partial charge in [-0.3, -0.25) is 33.9 Å². The Morgan fingerprint density at radius 1 is 0.415 bits per heavy atom. The molecule has 514 valence electrons. The largest absolute Gasteiger partial charge is 0.369 e. The second-order valence-electron chi connectivity index (χ2n) is 20.2. The molecule has 3 heterocycles. The van der Waals surface area contributed by atoms with Gasteiger partial charge in [0.05, 0.1) is 0 Å². The highest BCUT2D eigenvalue weighted by molar-refractivity contribution is 6.32. The number of carbonyl (C=O) groups is 4. The molecule has 0 saturated carbocycles. The molecule has 0 atom stereocenters. The Balaban J connectivity index is 0.000000553. The second-order valence-corrected chi connectivity index (χ2v) is 20.6. The first kappa shape index (κ1) is 82.6. The van der Waals surface area contributed by atoms with E-state index in [1.165, 1.54) is 22.3 Å². The van der Waals surface area contributed by atoms with E-state index in [9.17, 15) is 28.8 Å². The number of nitrogens with one attached hydrogen (secondary N) is 10. The van der Waals surface area contributed by atoms with Crippen LogP contribution in [-0.4, -0.2) is 153 Å². The van der Waals surface area contributed by atoms with Crippen LogP contribution in [0.4, 0.5) is 35.6 Å². The minimum atomic E-state index is -0.401. The van der Waals surface area contributed by atoms with E-state index in [0.29, 0.717) is 110 Å². The summed E-state index contributed by atoms with van der Waals surface area (Å²) >= 11 is 5.75. The number of carbonyl (C=O) groups excluding carboxylic acids is 4. The zero-order valence-corrected chi connectivity index (χ0v) is 59.3. The molecule has 4 amide bonds. The third kappa shape index (κ3) is 32.2. The number of rotatable bonds is 24. The number of hydrogen-bond donors (Lipinski definition) is 10. The summed E-state index contributed by atoms with van der Waals surface area (Å²) in [7, 11) is 3.51. The lowest BCUT2D eigenvalue weighted by Gasteiger charge is -2.16. The molecule has 0 radical (unpaired) electrons. The van der Waals surface area contributed by atoms with E-state index in [4.69, 9.17) is 11.6 Å². The lowest BCUT2D eigenvalue weighted by atomic mass is 10.1. The average Bonchev–Trinajstić information content (AvgIpc) is 2.90. The fourth-order valence-electron chi connectivity index (χ4n) is 7.69. The van der Waals surface area contributed by atoms with Gasteiger partial charge >= 0.3 is 5.69 Å². The van der Waals surface area contributed by atoms with Gasteiger partial charge in [-0.2, -0.15) is 29.9 Å². The molecule has 0 saturated heterocycles. The normalized spacial score (nSPS) is 9.81. The number of nitrogens with zero attached hydrogens (tertiary/aromatic N) is 8. The zero-order chi connectivity index (χ0) is 70.4. The monoisotopic (exact) mass is 1320 g/mol. The highest BCUT2D eigenvalue weighted by Crippen LogP contribution is 2.15. The zero-order valence-electron chi connectivity index (χ0n) is 58.5. The first-order valence-corrected chi connectivity index (χ1v) is 32.9. The van der Waals surface area contributed by atoms with Gasteiger partial charge in [0.1, 0.15) is 10.8 Å². The molecule has 0 aliphatic rings. The van der Waals surface area contributed by atoms with Crippen molar-refractivity contribution in [2.45, 2.75) is 130 Å². The lowest BCUT2D eigenvalue weighted by Crippen LogP contribution is -2.27. The van der Waals surface area contributed by atoms with Crippen LogP contribution in [-0.2, 0) is 25.7 Å². The van der Waals surface area contributed by atoms with E-state index in [2.05, 4.69) is 159 Å². The predicted molar refractivity (Wildman–Crippen MR) is 387 cm³/mol. The quantitative estimate of drug-likeness (QED) is 0.0269. The second kappa shape index (κ2) is 48.3. The Labute approximate surface area is 562 Å². The molecule has 3 aromatic heterocycles. The summed E-state index contributed by atoms with van der Waals surface area (Å²) in [5, 5.41) is 23.2. The third-order valence-electron chi connectivity index (χ3n) is 13.1. The van der Waals surface area contributed by atoms with E-state index in [1.54, 1.807) is 72.4 Å². The van der Waals surface area contributed by atoms with Gasteiger partial charge in [0, 0.05) is 102 Å². The Kier molecular flexibility index (Phi) is 42.4. The van der Waals surface area contributed by atoms with E-state index in [0.717, 1.165) is 44.6 Å². The van der Waals surface area contributed by atoms with Gasteiger partial charge in [0.25, 0.3) is 29.2 Å². The maximum absolute atomic E-state index is 11.9. The SMILES string of the molecule is CCN(C)C(=O)c1ccc(C(=O)N(C)CC)cc1.CCNC(=O)c1ccc(C(=O)NCC)cc1.CCNc1nc(C)nc(NCC)n1.CCNc1nc(NCC)[nH]c(=O)n1.CCNc1nc(NCC)c(Cl)c(=O)[nH]1.CCc1ccc(CC)cc1.CCc1cccc(CC)c1. The summed E-state index contributed by atoms with van der Waals surface area (Å²) in [5.74, 6) is 3.32. The molecule has 7 aromatic rings. The summed E-state index contributed by atoms with van der Waals surface area (Å²) in [6, 6.07) is 31.0. The lowest BCUT2D eigenvalue weighted by molar-refractivity contribution is 0.0790. The van der Waals surface area contributed by atoms with E-state index < -0.39 is 5.69 Å². The van der Waals surface area contributed by atoms with Gasteiger partial charge in [-0.05, 0) is 173 Å². The highest BCUT2D eigenvalue weighted by atomic mass is 35.5. The van der Waals surface area contributed by atoms with E-state index >= 15 is 0 Å². The Bertz CT molecular complexity index is 3230. The maximum atomic E-state index is 11.9. The molecular weight excluding hydrogens is 1210 g/mol. The fourth-order valence-corrected chi connectivity index (χ4v) is 7.84. The van der Waals surface area contributed by atoms with Crippen LogP contribution < -0.4 is 53.8 Å². The van der Waals surface area contributed by atoms with Crippen molar-refractivity contribution < 1.29 is 19.2 Å². The van der Waals surface area contributed by atoms with Crippen LogP contribution in [0.25, 0.3) is 0 Å². The minimum Gasteiger partial charge on any atom is -0.369 e. The van der Waals surface area contributed by atoms with Crippen LogP contribution in [0.3, 0.4) is 0 Å². The molecule has 0 bridgehead atoms. The van der Waals surface area contributed by atoms with Crippen molar-refractivity contribution in [3.8, 4) is 0 Å². The van der Waals surface area contributed by atoms with Gasteiger partial charge < -0.3 is 52.3 Å². The number of H-pyrrole nitrogens is 2. The van der Waals surface area contributed by atoms with Crippen molar-refractivity contribution >= 4 is 70.8 Å². The first-order chi connectivity index (χ1) is 45.1. The number of anilines is 6. The number of benzene rings is 4. The smallest absolute Gasteiger partial charge is 0.350 e. The maximum Gasteiger partial charge on any atom is 0.350 e. The average molecular weight is 1320 g/mol. The molecule has 10 N–H and O–H groups in total. The molecule has 7 rings (SSSR count). The molecule has 4 aromatic carbocycles. The van der Waals surface area contributed by atoms with Crippen molar-refractivity contribution in [1.29, 1.82) is 0 Å². The molecule has 0 aliphatic heterocycles. The predicted octanol–water partition coefficient (Wildman–Crippen LogP) is 11.0. The molecule has 0 aliphatic carbocycles. The highest BCUT2D eigenvalue weighted by Gasteiger charge is 2.14. The first-order valence-electron chi connectivity index (χ1n) is 32.5. The number of hydrogen-bond acceptors (Lipinski definition) is 18. The minimum absolute atomic E-state index is 0.0275. The fraction of sp³-hybridized carbons (Fsp3) is 0.449. The standard InChI is InChI=1S/C14H20N2O2.C12H16N2O2.2C10H14.C8H13ClN4O.C8H15N5.C7H13N5O/c1-5-15(3)13(17)11-7-9-12(10-8-11)14(18)16(4)6-2;1-3-13-11(15)9-5-7-10(8-6-9)12(16)14-4-2;1-3-9-5-7-10(4-2)8-6-9;1-3-9-6-5-7-10(4-2)8-9;1-3-10-6-5(9)7(14)13-8(12-6)11-4-2;1-4-9-7-11-6(3)12-8(13-7)10-5-2;1-3-8-5-10-6(9-4-2)12-7(13)11-5/h7-10H,5-6H2,1-4H3;5-8H,3-4H2,1-2H3,(H,13,15)(H,14,16);2*5-8H,3-4H2,1-2H3;3-4H2,1-2H3,(H3,10,11,12,13,14);4-5H2,1-3H3,(H2,9,10,11,12,13);3-4H2,1-2H3,(H3,8,9,10,11,12,13). The van der Waals surface area contributed by atoms with Crippen LogP contribution in [0.15, 0.2) is 107 Å². The van der Waals surface area contributed by atoms with Gasteiger partial charge in [-0.1, -0.05) is 87.8 Å². The van der Waals surface area contributed by atoms with Crippen molar-refractivity contribution in [2.24, 2.45) is 0 Å². The van der Waals surface area contributed by atoms with Crippen LogP contribution in [0, 0.1) is 6.92 Å². The van der Waals surface area contributed by atoms with Gasteiger partial charge in [-0.15, -0.1) is 0 Å². The van der Waals surface area contributed by atoms with Gasteiger partial charge in [0.15, 0.2) is 5.82 Å². The van der Waals surface area contributed by atoms with Crippen molar-refractivity contribution in [1.82, 2.24) is 60.3 Å². The van der Waals surface area contributed by atoms with Crippen molar-refractivity contribution in [2.75, 3.05) is 111 Å². The van der Waals surface area contributed by atoms with Gasteiger partial charge in [0.2, 0.25) is 29.7 Å². The number of halogens is 1. The number of aromatic nitrogens is 8. The number of amides is 4. The molecule has 0 fully saturated rings. The molecule has 0 spiro atoms. The van der Waals surface area contributed by atoms with E-state index in [1.807, 2.05) is 76.2 Å². The van der Waals surface area contributed by atoms with Crippen LogP contribution in [0.5, 0.6) is 0 Å². The van der Waals surface area contributed by atoms with Gasteiger partial charge in [-0.25, -0.2) is 4.79 Å². The third-order valence-corrected chi connectivity index (χ3v) is 13.4. The Hall–Kier alpha value is -9.45. The van der Waals surface area contributed by atoms with Crippen molar-refractivity contribution in [3.05, 3.63) is 173 Å². The topological polar surface area (TPSA) is 314 Å². The molecule has 25 heteroatoms. The number of aromatic amines is 2.